The van der Waals surface area contributed by atoms with E-state index >= 15 is 0 Å². The third kappa shape index (κ3) is 13.7. The molecule has 0 saturated carbocycles. The van der Waals surface area contributed by atoms with E-state index < -0.39 is 6.09 Å². The Hall–Kier alpha value is -1.31. The Kier molecular flexibility index (Phi) is 16.8. The molecule has 1 aromatic rings. The van der Waals surface area contributed by atoms with Crippen LogP contribution in [0, 0.1) is 0 Å². The molecule has 0 aliphatic carbocycles. The third-order valence-electron chi connectivity index (χ3n) is 2.44. The van der Waals surface area contributed by atoms with Crippen molar-refractivity contribution in [3.8, 4) is 11.5 Å². The average molecular weight is 354 g/mol. The summed E-state index contributed by atoms with van der Waals surface area (Å²) in [5.41, 5.74) is 15.4. The second-order valence-corrected chi connectivity index (χ2v) is 4.28. The minimum atomic E-state index is -0.938. The molecule has 0 radical (unpaired) electrons. The van der Waals surface area contributed by atoms with E-state index in [1.165, 1.54) is 18.6 Å². The van der Waals surface area contributed by atoms with Gasteiger partial charge in [-0.2, -0.15) is 0 Å². The van der Waals surface area contributed by atoms with Crippen molar-refractivity contribution in [3.05, 3.63) is 24.3 Å². The molecule has 7 nitrogen and oxygen atoms in total. The number of phenolic OH excluding ortho intramolecular Hbond substituents is 1. The summed E-state index contributed by atoms with van der Waals surface area (Å²) < 4.78 is 4.43. The van der Waals surface area contributed by atoms with Crippen molar-refractivity contribution >= 4 is 6.09 Å². The first-order chi connectivity index (χ1) is 10.1. The molecule has 0 saturated heterocycles. The van der Waals surface area contributed by atoms with E-state index in [-0.39, 0.29) is 28.6 Å². The maximum Gasteiger partial charge on any atom is 0.410 e. The van der Waals surface area contributed by atoms with Gasteiger partial charge >= 0.3 is 6.09 Å². The van der Waals surface area contributed by atoms with Crippen LogP contribution in [0.25, 0.3) is 0 Å². The van der Waals surface area contributed by atoms with Crippen molar-refractivity contribution < 1.29 is 31.7 Å². The molecule has 0 atom stereocenters. The minimum Gasteiger partial charge on any atom is -0.504 e. The van der Waals surface area contributed by atoms with Crippen LogP contribution in [0.15, 0.2) is 24.3 Å². The van der Waals surface area contributed by atoms with Gasteiger partial charge in [-0.05, 0) is 57.6 Å². The number of phenols is 1. The molecule has 128 valence electrons. The van der Waals surface area contributed by atoms with Crippen LogP contribution in [-0.4, -0.2) is 37.4 Å². The van der Waals surface area contributed by atoms with Gasteiger partial charge in [0.1, 0.15) is 0 Å². The Morgan fingerprint density at radius 1 is 1.09 bits per heavy atom. The predicted octanol–water partition coefficient (Wildman–Crippen LogP) is 0.511. The average Bonchev–Trinajstić information content (AvgIpc) is 2.46. The van der Waals surface area contributed by atoms with E-state index in [1.807, 2.05) is 0 Å². The van der Waals surface area contributed by atoms with Crippen molar-refractivity contribution in [2.24, 2.45) is 17.2 Å². The molecule has 0 bridgehead atoms. The van der Waals surface area contributed by atoms with E-state index in [0.717, 1.165) is 39.0 Å². The maximum absolute atomic E-state index is 10.2. The molecule has 8 heteroatoms. The molecule has 1 rings (SSSR count). The second kappa shape index (κ2) is 16.1. The Morgan fingerprint density at radius 2 is 1.68 bits per heavy atom. The van der Waals surface area contributed by atoms with Gasteiger partial charge in [0.05, 0.1) is 0 Å². The summed E-state index contributed by atoms with van der Waals surface area (Å²) in [5, 5.41) is 12.3. The van der Waals surface area contributed by atoms with E-state index in [4.69, 9.17) is 22.3 Å². The number of para-hydroxylation sites is 2. The first-order valence-electron chi connectivity index (χ1n) is 6.98. The Bertz CT molecular complexity index is 386. The van der Waals surface area contributed by atoms with Crippen LogP contribution in [0.5, 0.6) is 11.5 Å². The number of amides is 1. The van der Waals surface area contributed by atoms with Crippen molar-refractivity contribution in [2.75, 3.05) is 26.2 Å². The number of unbranched alkanes of at least 4 members (excludes halogenated alkanes) is 1. The smallest absolute Gasteiger partial charge is 0.410 e. The third-order valence-corrected chi connectivity index (χ3v) is 2.44. The van der Waals surface area contributed by atoms with Gasteiger partial charge in [-0.1, -0.05) is 12.1 Å². The summed E-state index contributed by atoms with van der Waals surface area (Å²) in [7, 11) is 0. The summed E-state index contributed by atoms with van der Waals surface area (Å²) in [6.45, 7) is 3.71. The fourth-order valence-electron chi connectivity index (χ4n) is 1.40. The van der Waals surface area contributed by atoms with Crippen molar-refractivity contribution in [1.82, 2.24) is 5.32 Å². The number of ether oxygens (including phenoxy) is 1. The first-order valence-corrected chi connectivity index (χ1v) is 6.98. The number of aromatic hydroxyl groups is 1. The molecule has 1 amide bonds. The van der Waals surface area contributed by atoms with Gasteiger partial charge in [-0.25, -0.2) is 4.79 Å². The molecule has 0 heterocycles. The molecule has 0 unspecified atom stereocenters. The quantitative estimate of drug-likeness (QED) is 0.341. The summed E-state index contributed by atoms with van der Waals surface area (Å²) in [6.07, 6.45) is 2.44. The van der Waals surface area contributed by atoms with Gasteiger partial charge < -0.3 is 32.4 Å². The summed E-state index contributed by atoms with van der Waals surface area (Å²) >= 11 is 0. The van der Waals surface area contributed by atoms with E-state index in [1.54, 1.807) is 12.1 Å². The number of benzene rings is 1. The Labute approximate surface area is 142 Å². The zero-order valence-corrected chi connectivity index (χ0v) is 13.7. The number of hydrogen-bond acceptors (Lipinski definition) is 6. The molecular weight excluding hydrogens is 328 g/mol. The van der Waals surface area contributed by atoms with Gasteiger partial charge in [0, 0.05) is 17.1 Å². The Morgan fingerprint density at radius 3 is 2.23 bits per heavy atom. The van der Waals surface area contributed by atoms with Gasteiger partial charge in [-0.3, -0.25) is 0 Å². The van der Waals surface area contributed by atoms with Gasteiger partial charge in [0.25, 0.3) is 0 Å². The fraction of sp³-hybridized carbons (Fsp3) is 0.500. The zero-order chi connectivity index (χ0) is 15.9. The summed E-state index contributed by atoms with van der Waals surface area (Å²) in [5.74, 6) is -0.0358. The van der Waals surface area contributed by atoms with Crippen LogP contribution >= 0.6 is 0 Å². The van der Waals surface area contributed by atoms with Gasteiger partial charge in [0.2, 0.25) is 0 Å². The van der Waals surface area contributed by atoms with Crippen LogP contribution in [0.1, 0.15) is 19.3 Å². The number of carbonyl (C=O) groups excluding carboxylic acids is 1. The Balaban J connectivity index is 0. The van der Waals surface area contributed by atoms with Gasteiger partial charge in [0.15, 0.2) is 11.5 Å². The van der Waals surface area contributed by atoms with Crippen LogP contribution in [0.3, 0.4) is 0 Å². The minimum absolute atomic E-state index is 0. The maximum atomic E-state index is 10.2. The SMILES string of the molecule is NC(=O)Oc1ccccc1O.NCCCCNCCCN.[Fe]. The van der Waals surface area contributed by atoms with E-state index in [2.05, 4.69) is 10.1 Å². The van der Waals surface area contributed by atoms with Crippen LogP contribution in [0.4, 0.5) is 4.79 Å². The predicted molar refractivity (Wildman–Crippen MR) is 83.1 cm³/mol. The van der Waals surface area contributed by atoms with Crippen LogP contribution in [-0.2, 0) is 17.1 Å². The molecule has 0 aliphatic heterocycles. The molecule has 1 aromatic carbocycles. The van der Waals surface area contributed by atoms with Gasteiger partial charge in [-0.15, -0.1) is 0 Å². The van der Waals surface area contributed by atoms with Crippen molar-refractivity contribution in [3.63, 3.8) is 0 Å². The molecule has 0 spiro atoms. The molecule has 0 aromatic heterocycles. The van der Waals surface area contributed by atoms with Crippen LogP contribution in [0.2, 0.25) is 0 Å². The number of carbonyl (C=O) groups is 1. The largest absolute Gasteiger partial charge is 0.504 e. The van der Waals surface area contributed by atoms with Crippen molar-refractivity contribution in [2.45, 2.75) is 19.3 Å². The summed E-state index contributed by atoms with van der Waals surface area (Å²) in [4.78, 5) is 10.2. The standard InChI is InChI=1S/C7H19N3.C7H7NO3.Fe/c8-4-1-2-6-10-7-3-5-9;8-7(10)11-6-4-2-1-3-5(6)9;/h10H,1-9H2;1-4,9H,(H2,8,10);. The fourth-order valence-corrected chi connectivity index (χ4v) is 1.40. The van der Waals surface area contributed by atoms with E-state index in [0.29, 0.717) is 0 Å². The zero-order valence-electron chi connectivity index (χ0n) is 12.6. The number of primary amides is 1. The number of nitrogens with one attached hydrogen (secondary N) is 1. The number of hydrogen-bond donors (Lipinski definition) is 5. The molecule has 22 heavy (non-hydrogen) atoms. The van der Waals surface area contributed by atoms with Crippen molar-refractivity contribution in [1.29, 1.82) is 0 Å². The topological polar surface area (TPSA) is 137 Å². The van der Waals surface area contributed by atoms with Crippen LogP contribution < -0.4 is 27.3 Å². The summed E-state index contributed by atoms with van der Waals surface area (Å²) in [6, 6.07) is 6.08. The molecule has 0 fully saturated rings. The monoisotopic (exact) mass is 354 g/mol. The second-order valence-electron chi connectivity index (χ2n) is 4.28. The first kappa shape index (κ1) is 23.0. The number of nitrogens with two attached hydrogens (primary N) is 3. The normalized spacial score (nSPS) is 9.18. The molecule has 0 aliphatic rings. The number of rotatable bonds is 8. The van der Waals surface area contributed by atoms with E-state index in [9.17, 15) is 4.79 Å². The molecular formula is C14H26FeN4O3. The molecule has 8 N–H and O–H groups in total.